The summed E-state index contributed by atoms with van der Waals surface area (Å²) in [6.07, 6.45) is 8.39. The molecule has 3 fully saturated rings. The highest BCUT2D eigenvalue weighted by Crippen LogP contribution is 2.40. The molecule has 3 aliphatic rings. The highest BCUT2D eigenvalue weighted by Gasteiger charge is 2.28. The van der Waals surface area contributed by atoms with Crippen LogP contribution in [0.1, 0.15) is 55.6 Å². The van der Waals surface area contributed by atoms with Crippen molar-refractivity contribution in [2.75, 3.05) is 19.6 Å². The maximum atomic E-state index is 3.70. The van der Waals surface area contributed by atoms with Crippen LogP contribution in [0, 0.1) is 5.92 Å². The van der Waals surface area contributed by atoms with E-state index in [2.05, 4.69) is 34.5 Å². The van der Waals surface area contributed by atoms with Crippen molar-refractivity contribution in [1.82, 2.24) is 10.2 Å². The van der Waals surface area contributed by atoms with Gasteiger partial charge in [-0.05, 0) is 81.1 Å². The van der Waals surface area contributed by atoms with E-state index in [1.54, 1.807) is 5.56 Å². The first-order chi connectivity index (χ1) is 10.4. The number of hydrogen-bond donors (Lipinski definition) is 1. The molecule has 1 aromatic carbocycles. The minimum absolute atomic E-state index is 0.824. The topological polar surface area (TPSA) is 15.3 Å². The number of benzene rings is 1. The van der Waals surface area contributed by atoms with Gasteiger partial charge in [0.05, 0.1) is 0 Å². The highest BCUT2D eigenvalue weighted by atomic mass is 15.1. The Morgan fingerprint density at radius 1 is 1.05 bits per heavy atom. The van der Waals surface area contributed by atoms with Crippen molar-refractivity contribution in [2.45, 2.75) is 57.0 Å². The minimum Gasteiger partial charge on any atom is -0.314 e. The lowest BCUT2D eigenvalue weighted by Crippen LogP contribution is -2.40. The van der Waals surface area contributed by atoms with E-state index in [1.165, 1.54) is 63.7 Å². The number of hydrogen-bond acceptors (Lipinski definition) is 2. The fraction of sp³-hybridized carbons (Fsp3) is 0.684. The molecule has 114 valence electrons. The molecule has 1 atom stereocenters. The van der Waals surface area contributed by atoms with Gasteiger partial charge in [-0.3, -0.25) is 4.90 Å². The Balaban J connectivity index is 1.31. The summed E-state index contributed by atoms with van der Waals surface area (Å²) in [5, 5.41) is 3.70. The van der Waals surface area contributed by atoms with E-state index in [1.807, 2.05) is 0 Å². The molecule has 2 heteroatoms. The van der Waals surface area contributed by atoms with Crippen LogP contribution in [0.4, 0.5) is 0 Å². The molecule has 0 spiro atoms. The number of likely N-dealkylation sites (tertiary alicyclic amines) is 1. The molecule has 0 bridgehead atoms. The van der Waals surface area contributed by atoms with E-state index in [0.717, 1.165) is 24.4 Å². The van der Waals surface area contributed by atoms with Gasteiger partial charge in [0, 0.05) is 12.6 Å². The zero-order chi connectivity index (χ0) is 14.1. The SMILES string of the molecule is c1cc(CN2CCC(C3CCCN3)CC2)cc(C2CC2)c1. The van der Waals surface area contributed by atoms with Crippen molar-refractivity contribution in [2.24, 2.45) is 5.92 Å². The first-order valence-electron chi connectivity index (χ1n) is 8.93. The molecule has 2 nitrogen and oxygen atoms in total. The minimum atomic E-state index is 0.824. The van der Waals surface area contributed by atoms with Gasteiger partial charge >= 0.3 is 0 Å². The van der Waals surface area contributed by atoms with Crippen molar-refractivity contribution in [1.29, 1.82) is 0 Å². The van der Waals surface area contributed by atoms with Crippen molar-refractivity contribution in [3.8, 4) is 0 Å². The van der Waals surface area contributed by atoms with Crippen LogP contribution in [0.25, 0.3) is 0 Å². The second-order valence-electron chi connectivity index (χ2n) is 7.34. The van der Waals surface area contributed by atoms with Crippen molar-refractivity contribution < 1.29 is 0 Å². The fourth-order valence-electron chi connectivity index (χ4n) is 4.25. The van der Waals surface area contributed by atoms with Crippen molar-refractivity contribution >= 4 is 0 Å². The molecule has 0 amide bonds. The van der Waals surface area contributed by atoms with Crippen LogP contribution in [-0.4, -0.2) is 30.6 Å². The van der Waals surface area contributed by atoms with Crippen LogP contribution in [0.2, 0.25) is 0 Å². The van der Waals surface area contributed by atoms with Crippen LogP contribution >= 0.6 is 0 Å². The second-order valence-corrected chi connectivity index (χ2v) is 7.34. The van der Waals surface area contributed by atoms with E-state index < -0.39 is 0 Å². The van der Waals surface area contributed by atoms with Crippen LogP contribution in [-0.2, 0) is 6.54 Å². The van der Waals surface area contributed by atoms with Gasteiger partial charge in [0.1, 0.15) is 0 Å². The summed E-state index contributed by atoms with van der Waals surface area (Å²) >= 11 is 0. The molecule has 1 aliphatic carbocycles. The monoisotopic (exact) mass is 284 g/mol. The molecule has 2 heterocycles. The summed E-state index contributed by atoms with van der Waals surface area (Å²) < 4.78 is 0. The molecular weight excluding hydrogens is 256 g/mol. The Labute approximate surface area is 128 Å². The average Bonchev–Trinajstić information content (AvgIpc) is 3.24. The van der Waals surface area contributed by atoms with Gasteiger partial charge in [0.15, 0.2) is 0 Å². The van der Waals surface area contributed by atoms with Crippen molar-refractivity contribution in [3.63, 3.8) is 0 Å². The normalized spacial score (nSPS) is 28.1. The summed E-state index contributed by atoms with van der Waals surface area (Å²) in [6.45, 7) is 4.98. The Morgan fingerprint density at radius 3 is 2.62 bits per heavy atom. The lowest BCUT2D eigenvalue weighted by atomic mass is 9.88. The molecular formula is C19H28N2. The van der Waals surface area contributed by atoms with Gasteiger partial charge in [-0.2, -0.15) is 0 Å². The third-order valence-corrected chi connectivity index (χ3v) is 5.71. The molecule has 1 aromatic rings. The molecule has 0 radical (unpaired) electrons. The summed E-state index contributed by atoms with van der Waals surface area (Å²) in [5.74, 6) is 1.81. The lowest BCUT2D eigenvalue weighted by molar-refractivity contribution is 0.157. The quantitative estimate of drug-likeness (QED) is 0.910. The third-order valence-electron chi connectivity index (χ3n) is 5.71. The molecule has 1 saturated carbocycles. The Morgan fingerprint density at radius 2 is 1.90 bits per heavy atom. The molecule has 0 aromatic heterocycles. The highest BCUT2D eigenvalue weighted by molar-refractivity contribution is 5.29. The smallest absolute Gasteiger partial charge is 0.0233 e. The number of rotatable bonds is 4. The van der Waals surface area contributed by atoms with Gasteiger partial charge in [0.2, 0.25) is 0 Å². The van der Waals surface area contributed by atoms with E-state index in [4.69, 9.17) is 0 Å². The number of piperidine rings is 1. The first kappa shape index (κ1) is 13.8. The van der Waals surface area contributed by atoms with Crippen LogP contribution < -0.4 is 5.32 Å². The zero-order valence-corrected chi connectivity index (χ0v) is 13.1. The third kappa shape index (κ3) is 3.32. The average molecular weight is 284 g/mol. The van der Waals surface area contributed by atoms with Crippen LogP contribution in [0.15, 0.2) is 24.3 Å². The van der Waals surface area contributed by atoms with Gasteiger partial charge in [-0.25, -0.2) is 0 Å². The number of nitrogens with one attached hydrogen (secondary N) is 1. The van der Waals surface area contributed by atoms with Crippen molar-refractivity contribution in [3.05, 3.63) is 35.4 Å². The van der Waals surface area contributed by atoms with E-state index in [-0.39, 0.29) is 0 Å². The van der Waals surface area contributed by atoms with Crippen LogP contribution in [0.3, 0.4) is 0 Å². The van der Waals surface area contributed by atoms with Gasteiger partial charge in [-0.1, -0.05) is 24.3 Å². The first-order valence-corrected chi connectivity index (χ1v) is 8.93. The largest absolute Gasteiger partial charge is 0.314 e. The number of nitrogens with zero attached hydrogens (tertiary/aromatic N) is 1. The summed E-state index contributed by atoms with van der Waals surface area (Å²) in [4.78, 5) is 2.66. The van der Waals surface area contributed by atoms with E-state index in [9.17, 15) is 0 Å². The van der Waals surface area contributed by atoms with Gasteiger partial charge in [-0.15, -0.1) is 0 Å². The van der Waals surface area contributed by atoms with Crippen LogP contribution in [0.5, 0.6) is 0 Å². The van der Waals surface area contributed by atoms with E-state index >= 15 is 0 Å². The maximum Gasteiger partial charge on any atom is 0.0233 e. The molecule has 4 rings (SSSR count). The predicted octanol–water partition coefficient (Wildman–Crippen LogP) is 3.53. The lowest BCUT2D eigenvalue weighted by Gasteiger charge is -2.35. The molecule has 1 unspecified atom stereocenters. The Kier molecular flexibility index (Phi) is 4.00. The molecule has 2 saturated heterocycles. The Bertz CT molecular complexity index is 466. The second kappa shape index (κ2) is 6.10. The predicted molar refractivity (Wildman–Crippen MR) is 87.4 cm³/mol. The zero-order valence-electron chi connectivity index (χ0n) is 13.1. The van der Waals surface area contributed by atoms with E-state index in [0.29, 0.717) is 0 Å². The summed E-state index contributed by atoms with van der Waals surface area (Å²) in [7, 11) is 0. The molecule has 1 N–H and O–H groups in total. The summed E-state index contributed by atoms with van der Waals surface area (Å²) in [6, 6.07) is 10.2. The van der Waals surface area contributed by atoms with Gasteiger partial charge < -0.3 is 5.32 Å². The maximum absolute atomic E-state index is 3.70. The molecule has 2 aliphatic heterocycles. The standard InChI is InChI=1S/C19H28N2/c1-3-15(13-18(4-1)16-6-7-16)14-21-11-8-17(9-12-21)19-5-2-10-20-19/h1,3-4,13,16-17,19-20H,2,5-12,14H2. The fourth-order valence-corrected chi connectivity index (χ4v) is 4.25. The Hall–Kier alpha value is -0.860. The molecule has 21 heavy (non-hydrogen) atoms. The summed E-state index contributed by atoms with van der Waals surface area (Å²) in [5.41, 5.74) is 3.11. The van der Waals surface area contributed by atoms with Gasteiger partial charge in [0.25, 0.3) is 0 Å².